The van der Waals surface area contributed by atoms with Crippen molar-refractivity contribution >= 4 is 6.21 Å². The minimum absolute atomic E-state index is 0.0863. The Bertz CT molecular complexity index is 998. The predicted octanol–water partition coefficient (Wildman–Crippen LogP) is 9.19. The average molecular weight is 645 g/mol. The van der Waals surface area contributed by atoms with Crippen LogP contribution in [0.1, 0.15) is 87.5 Å². The molecule has 0 saturated carbocycles. The average Bonchev–Trinajstić information content (AvgIpc) is 3.08. The van der Waals surface area contributed by atoms with E-state index < -0.39 is 0 Å². The number of aliphatic imine (C=N–C) groups is 1. The van der Waals surface area contributed by atoms with Crippen LogP contribution in [0.5, 0.6) is 0 Å². The van der Waals surface area contributed by atoms with Gasteiger partial charge < -0.3 is 24.8 Å². The van der Waals surface area contributed by atoms with Crippen molar-refractivity contribution in [1.82, 2.24) is 16.0 Å². The summed E-state index contributed by atoms with van der Waals surface area (Å²) >= 11 is 0. The van der Waals surface area contributed by atoms with Gasteiger partial charge in [0.15, 0.2) is 6.29 Å². The van der Waals surface area contributed by atoms with E-state index in [9.17, 15) is 4.39 Å². The number of allylic oxidation sites excluding steroid dienone is 7. The summed E-state index contributed by atoms with van der Waals surface area (Å²) in [4.78, 5) is 4.37. The second-order valence-corrected chi connectivity index (χ2v) is 10.2. The van der Waals surface area contributed by atoms with Crippen molar-refractivity contribution in [3.8, 4) is 0 Å². The van der Waals surface area contributed by atoms with E-state index in [1.807, 2.05) is 64.3 Å². The zero-order valence-electron chi connectivity index (χ0n) is 30.3. The van der Waals surface area contributed by atoms with Crippen molar-refractivity contribution in [2.45, 2.75) is 106 Å². The van der Waals surface area contributed by atoms with Crippen LogP contribution in [-0.2, 0) is 14.2 Å². The Balaban J connectivity index is 0. The first kappa shape index (κ1) is 44.9. The van der Waals surface area contributed by atoms with Gasteiger partial charge >= 0.3 is 0 Å². The first-order valence-corrected chi connectivity index (χ1v) is 16.9. The molecule has 2 rings (SSSR count). The lowest BCUT2D eigenvalue weighted by Crippen LogP contribution is -2.41. The molecule has 0 aromatic rings. The van der Waals surface area contributed by atoms with Gasteiger partial charge in [-0.3, -0.25) is 10.3 Å². The van der Waals surface area contributed by atoms with Crippen LogP contribution >= 0.6 is 0 Å². The molecule has 8 heteroatoms. The molecule has 7 nitrogen and oxygen atoms in total. The van der Waals surface area contributed by atoms with Crippen molar-refractivity contribution in [1.29, 1.82) is 0 Å². The number of methoxy groups -OCH3 is 1. The molecule has 46 heavy (non-hydrogen) atoms. The van der Waals surface area contributed by atoms with E-state index in [1.165, 1.54) is 25.0 Å². The van der Waals surface area contributed by atoms with Crippen LogP contribution in [0, 0.1) is 5.92 Å². The Labute approximate surface area is 281 Å². The highest BCUT2D eigenvalue weighted by Crippen LogP contribution is 2.23. The Hall–Kier alpha value is -3.20. The van der Waals surface area contributed by atoms with Gasteiger partial charge in [-0.15, -0.1) is 6.58 Å². The summed E-state index contributed by atoms with van der Waals surface area (Å²) in [5.41, 5.74) is 1.73. The molecular formula is C38H65FN4O3. The van der Waals surface area contributed by atoms with Crippen LogP contribution in [-0.4, -0.2) is 51.6 Å². The van der Waals surface area contributed by atoms with Gasteiger partial charge in [-0.2, -0.15) is 0 Å². The molecule has 0 fully saturated rings. The standard InChI is InChI=1S/C20H27FN4O.C13H24O2.C3H8.C2H6/c1-4-17(21)9-7-11-26-19-10-6-8-16(12-19)15(3)25-18-13-23-20(22-5-2)24-14-18;1-5-7-11-15-13(8-6-2)10-9-12(3)14-4;1-3-2;1-2/h4,6-7,9-10,12-14,16,20,22-23,25H,3,5,8,11H2,1-2H3;6,9-10,12-13H,2,5,7-8,11H2,1,3-4H3;3H2,1-2H3;1-2H3/b9-7-,17-4+;10-9+;;. The quantitative estimate of drug-likeness (QED) is 0.0785. The fourth-order valence-corrected chi connectivity index (χ4v) is 3.55. The van der Waals surface area contributed by atoms with Gasteiger partial charge in [-0.25, -0.2) is 4.39 Å². The highest BCUT2D eigenvalue weighted by Gasteiger charge is 2.15. The van der Waals surface area contributed by atoms with Crippen LogP contribution in [0.2, 0.25) is 0 Å². The molecule has 0 saturated heterocycles. The zero-order chi connectivity index (χ0) is 35.0. The number of hydrogen-bond acceptors (Lipinski definition) is 7. The third kappa shape index (κ3) is 24.1. The maximum absolute atomic E-state index is 13.0. The minimum atomic E-state index is -0.273. The lowest BCUT2D eigenvalue weighted by atomic mass is 9.97. The lowest BCUT2D eigenvalue weighted by molar-refractivity contribution is 0.0831. The molecule has 2 aliphatic rings. The second kappa shape index (κ2) is 31.8. The fourth-order valence-electron chi connectivity index (χ4n) is 3.55. The molecule has 1 aliphatic heterocycles. The number of nitrogens with zero attached hydrogens (tertiary/aromatic N) is 1. The fraction of sp³-hybridized carbons (Fsp3) is 0.553. The first-order valence-electron chi connectivity index (χ1n) is 16.9. The SMILES string of the molecule is C=C(NC1=CNC(NCC)N=C1)C1C=C(OC/C=C\C(F)=C/C)C=CC1.C=CCC(/C=C/C(C)OC)OCCCC.CC.CCC. The summed E-state index contributed by atoms with van der Waals surface area (Å²) in [6, 6.07) is 0. The molecule has 0 aromatic carbocycles. The first-order chi connectivity index (χ1) is 22.3. The lowest BCUT2D eigenvalue weighted by Gasteiger charge is -2.23. The van der Waals surface area contributed by atoms with Crippen LogP contribution in [0.4, 0.5) is 4.39 Å². The molecule has 0 radical (unpaired) electrons. The summed E-state index contributed by atoms with van der Waals surface area (Å²) < 4.78 is 29.5. The van der Waals surface area contributed by atoms with Gasteiger partial charge in [0.2, 0.25) is 0 Å². The van der Waals surface area contributed by atoms with E-state index in [-0.39, 0.29) is 30.2 Å². The summed E-state index contributed by atoms with van der Waals surface area (Å²) in [5, 5.41) is 9.64. The van der Waals surface area contributed by atoms with Gasteiger partial charge in [-0.05, 0) is 64.0 Å². The summed E-state index contributed by atoms with van der Waals surface area (Å²) in [6.07, 6.45) is 25.5. The molecule has 0 amide bonds. The maximum atomic E-state index is 13.0. The third-order valence-corrected chi connectivity index (χ3v) is 6.04. The molecule has 3 N–H and O–H groups in total. The minimum Gasteiger partial charge on any atom is -0.490 e. The van der Waals surface area contributed by atoms with Crippen molar-refractivity contribution in [2.24, 2.45) is 10.9 Å². The molecule has 0 spiro atoms. The molecule has 4 atom stereocenters. The van der Waals surface area contributed by atoms with Gasteiger partial charge in [0.1, 0.15) is 18.2 Å². The molecular weight excluding hydrogens is 579 g/mol. The molecule has 4 unspecified atom stereocenters. The molecule has 0 aromatic heterocycles. The van der Waals surface area contributed by atoms with E-state index >= 15 is 0 Å². The van der Waals surface area contributed by atoms with E-state index in [1.54, 1.807) is 26.3 Å². The van der Waals surface area contributed by atoms with E-state index in [0.717, 1.165) is 49.6 Å². The van der Waals surface area contributed by atoms with E-state index in [0.29, 0.717) is 6.61 Å². The molecule has 1 heterocycles. The van der Waals surface area contributed by atoms with Gasteiger partial charge in [-0.1, -0.05) is 91.3 Å². The largest absolute Gasteiger partial charge is 0.490 e. The smallest absolute Gasteiger partial charge is 0.173 e. The Morgan fingerprint density at radius 3 is 2.50 bits per heavy atom. The predicted molar refractivity (Wildman–Crippen MR) is 197 cm³/mol. The van der Waals surface area contributed by atoms with Gasteiger partial charge in [0, 0.05) is 31.5 Å². The number of unbranched alkanes of at least 4 members (excludes halogenated alkanes) is 1. The second-order valence-electron chi connectivity index (χ2n) is 10.2. The summed E-state index contributed by atoms with van der Waals surface area (Å²) in [6.45, 7) is 25.9. The Morgan fingerprint density at radius 2 is 1.93 bits per heavy atom. The van der Waals surface area contributed by atoms with Crippen molar-refractivity contribution < 1.29 is 18.6 Å². The number of nitrogens with one attached hydrogen (secondary N) is 3. The number of ether oxygens (including phenoxy) is 3. The van der Waals surface area contributed by atoms with Crippen molar-refractivity contribution in [2.75, 3.05) is 26.9 Å². The van der Waals surface area contributed by atoms with Crippen LogP contribution in [0.25, 0.3) is 0 Å². The summed E-state index contributed by atoms with van der Waals surface area (Å²) in [5.74, 6) is 0.600. The van der Waals surface area contributed by atoms with E-state index in [2.05, 4.69) is 60.9 Å². The highest BCUT2D eigenvalue weighted by atomic mass is 19.1. The Morgan fingerprint density at radius 1 is 1.22 bits per heavy atom. The number of rotatable bonds is 18. The van der Waals surface area contributed by atoms with Gasteiger partial charge in [0.25, 0.3) is 0 Å². The van der Waals surface area contributed by atoms with Crippen molar-refractivity contribution in [3.05, 3.63) is 97.0 Å². The monoisotopic (exact) mass is 645 g/mol. The molecule has 1 aliphatic carbocycles. The van der Waals surface area contributed by atoms with Crippen LogP contribution in [0.15, 0.2) is 102 Å². The Kier molecular flexibility index (Phi) is 31.0. The number of hydrogen-bond donors (Lipinski definition) is 3. The maximum Gasteiger partial charge on any atom is 0.173 e. The van der Waals surface area contributed by atoms with Gasteiger partial charge in [0.05, 0.1) is 24.1 Å². The summed E-state index contributed by atoms with van der Waals surface area (Å²) in [7, 11) is 1.70. The third-order valence-electron chi connectivity index (χ3n) is 6.04. The zero-order valence-corrected chi connectivity index (χ0v) is 30.3. The van der Waals surface area contributed by atoms with E-state index in [4.69, 9.17) is 14.2 Å². The van der Waals surface area contributed by atoms with Crippen molar-refractivity contribution in [3.63, 3.8) is 0 Å². The molecule has 262 valence electrons. The van der Waals surface area contributed by atoms with Crippen LogP contribution < -0.4 is 16.0 Å². The normalized spacial score (nSPS) is 18.3. The molecule has 0 bridgehead atoms. The number of halogens is 1. The van der Waals surface area contributed by atoms with Crippen LogP contribution in [0.3, 0.4) is 0 Å². The highest BCUT2D eigenvalue weighted by molar-refractivity contribution is 5.79. The topological polar surface area (TPSA) is 76.1 Å².